The third-order valence-corrected chi connectivity index (χ3v) is 5.31. The molecule has 0 saturated heterocycles. The summed E-state index contributed by atoms with van der Waals surface area (Å²) < 4.78 is 0. The average Bonchev–Trinajstić information content (AvgIpc) is 2.48. The van der Waals surface area contributed by atoms with Crippen molar-refractivity contribution < 1.29 is 0 Å². The molecule has 1 heteroatoms. The highest BCUT2D eigenvalue weighted by atomic mass is 35.5. The van der Waals surface area contributed by atoms with Gasteiger partial charge < -0.3 is 0 Å². The Hall–Kier alpha value is -0.490. The molecule has 0 amide bonds. The van der Waals surface area contributed by atoms with Crippen molar-refractivity contribution in [3.8, 4) is 0 Å². The van der Waals surface area contributed by atoms with Gasteiger partial charge in [-0.1, -0.05) is 56.2 Å². The van der Waals surface area contributed by atoms with Crippen molar-refractivity contribution in [3.05, 3.63) is 34.3 Å². The molecule has 104 valence electrons. The monoisotopic (exact) mass is 276 g/mol. The zero-order valence-electron chi connectivity index (χ0n) is 11.8. The van der Waals surface area contributed by atoms with Gasteiger partial charge in [0.15, 0.2) is 0 Å². The van der Waals surface area contributed by atoms with Crippen LogP contribution in [0.3, 0.4) is 0 Å². The van der Waals surface area contributed by atoms with Gasteiger partial charge in [-0.25, -0.2) is 0 Å². The molecule has 0 atom stereocenters. The van der Waals surface area contributed by atoms with E-state index in [4.69, 9.17) is 11.6 Å². The molecule has 0 unspecified atom stereocenters. The molecule has 3 rings (SSSR count). The molecular weight excluding hydrogens is 252 g/mol. The Morgan fingerprint density at radius 2 is 1.05 bits per heavy atom. The van der Waals surface area contributed by atoms with Crippen LogP contribution in [0, 0.1) is 0 Å². The number of halogens is 1. The van der Waals surface area contributed by atoms with Crippen LogP contribution >= 0.6 is 11.6 Å². The average molecular weight is 277 g/mol. The highest BCUT2D eigenvalue weighted by molar-refractivity contribution is 6.30. The van der Waals surface area contributed by atoms with Crippen LogP contribution in [0.2, 0.25) is 5.02 Å². The molecule has 2 fully saturated rings. The molecule has 1 aromatic rings. The molecule has 0 aliphatic heterocycles. The summed E-state index contributed by atoms with van der Waals surface area (Å²) in [6, 6.07) is 6.94. The Labute approximate surface area is 122 Å². The molecule has 0 N–H and O–H groups in total. The Morgan fingerprint density at radius 3 is 1.47 bits per heavy atom. The topological polar surface area (TPSA) is 0 Å². The van der Waals surface area contributed by atoms with Crippen LogP contribution in [0.4, 0.5) is 0 Å². The molecule has 2 aliphatic rings. The van der Waals surface area contributed by atoms with Crippen LogP contribution in [0.15, 0.2) is 18.2 Å². The minimum atomic E-state index is 0.773. The zero-order valence-corrected chi connectivity index (χ0v) is 12.6. The molecule has 2 aliphatic carbocycles. The van der Waals surface area contributed by atoms with Gasteiger partial charge in [0, 0.05) is 5.02 Å². The molecular formula is C18H25Cl. The summed E-state index contributed by atoms with van der Waals surface area (Å²) in [5.41, 5.74) is 3.04. The fourth-order valence-electron chi connectivity index (χ4n) is 3.98. The predicted octanol–water partition coefficient (Wildman–Crippen LogP) is 6.44. The smallest absolute Gasteiger partial charge is 0.0411 e. The van der Waals surface area contributed by atoms with E-state index in [1.54, 1.807) is 0 Å². The van der Waals surface area contributed by atoms with E-state index < -0.39 is 0 Å². The zero-order chi connectivity index (χ0) is 13.1. The van der Waals surface area contributed by atoms with Gasteiger partial charge in [0.25, 0.3) is 0 Å². The highest BCUT2D eigenvalue weighted by Crippen LogP contribution is 2.38. The van der Waals surface area contributed by atoms with Crippen LogP contribution in [-0.2, 0) is 0 Å². The molecule has 0 aromatic heterocycles. The van der Waals surface area contributed by atoms with Crippen LogP contribution in [0.1, 0.15) is 87.2 Å². The summed E-state index contributed by atoms with van der Waals surface area (Å²) in [7, 11) is 0. The Morgan fingerprint density at radius 1 is 0.632 bits per heavy atom. The third-order valence-electron chi connectivity index (χ3n) is 5.10. The normalized spacial score (nSPS) is 22.6. The fraction of sp³-hybridized carbons (Fsp3) is 0.667. The van der Waals surface area contributed by atoms with Crippen LogP contribution in [-0.4, -0.2) is 0 Å². The van der Waals surface area contributed by atoms with E-state index in [-0.39, 0.29) is 0 Å². The van der Waals surface area contributed by atoms with E-state index in [1.165, 1.54) is 75.3 Å². The van der Waals surface area contributed by atoms with Gasteiger partial charge in [-0.2, -0.15) is 0 Å². The van der Waals surface area contributed by atoms with Crippen molar-refractivity contribution in [2.45, 2.75) is 76.0 Å². The first kappa shape index (κ1) is 13.5. The highest BCUT2D eigenvalue weighted by Gasteiger charge is 2.20. The molecule has 0 bridgehead atoms. The van der Waals surface area contributed by atoms with Gasteiger partial charge >= 0.3 is 0 Å². The maximum atomic E-state index is 6.39. The molecule has 2 saturated carbocycles. The number of rotatable bonds is 2. The second-order valence-electron chi connectivity index (χ2n) is 6.49. The molecule has 0 spiro atoms. The summed E-state index contributed by atoms with van der Waals surface area (Å²) >= 11 is 6.39. The van der Waals surface area contributed by atoms with Crippen molar-refractivity contribution >= 4 is 11.6 Å². The maximum absolute atomic E-state index is 6.39. The van der Waals surface area contributed by atoms with E-state index >= 15 is 0 Å². The van der Waals surface area contributed by atoms with Crippen molar-refractivity contribution in [1.82, 2.24) is 0 Å². The first-order valence-electron chi connectivity index (χ1n) is 8.13. The van der Waals surface area contributed by atoms with Crippen LogP contribution in [0.5, 0.6) is 0 Å². The lowest BCUT2D eigenvalue weighted by Gasteiger charge is -2.26. The Bertz CT molecular complexity index is 375. The van der Waals surface area contributed by atoms with Crippen LogP contribution < -0.4 is 0 Å². The largest absolute Gasteiger partial charge is 0.0843 e. The van der Waals surface area contributed by atoms with E-state index in [1.807, 2.05) is 0 Å². The van der Waals surface area contributed by atoms with Gasteiger partial charge in [0.05, 0.1) is 0 Å². The quantitative estimate of drug-likeness (QED) is 0.583. The second kappa shape index (κ2) is 6.31. The third kappa shape index (κ3) is 3.34. The fourth-order valence-corrected chi connectivity index (χ4v) is 4.23. The van der Waals surface area contributed by atoms with Crippen molar-refractivity contribution in [3.63, 3.8) is 0 Å². The summed E-state index contributed by atoms with van der Waals surface area (Å²) in [5, 5.41) is 0.962. The number of benzene rings is 1. The molecule has 0 nitrogen and oxygen atoms in total. The molecule has 19 heavy (non-hydrogen) atoms. The Balaban J connectivity index is 1.82. The molecule has 0 radical (unpaired) electrons. The van der Waals surface area contributed by atoms with Gasteiger partial charge in [0.2, 0.25) is 0 Å². The molecule has 0 heterocycles. The van der Waals surface area contributed by atoms with E-state index in [0.717, 1.165) is 16.9 Å². The lowest BCUT2D eigenvalue weighted by atomic mass is 9.80. The van der Waals surface area contributed by atoms with E-state index in [9.17, 15) is 0 Å². The minimum Gasteiger partial charge on any atom is -0.0843 e. The minimum absolute atomic E-state index is 0.773. The van der Waals surface area contributed by atoms with Gasteiger partial charge in [0.1, 0.15) is 0 Å². The summed E-state index contributed by atoms with van der Waals surface area (Å²) in [6.07, 6.45) is 13.9. The summed E-state index contributed by atoms with van der Waals surface area (Å²) in [4.78, 5) is 0. The number of hydrogen-bond donors (Lipinski definition) is 0. The standard InChI is InChI=1S/C18H25Cl/c19-18-12-16(14-7-3-1-4-8-14)11-17(13-18)15-9-5-2-6-10-15/h11-15H,1-10H2. The van der Waals surface area contributed by atoms with Gasteiger partial charge in [-0.05, 0) is 60.8 Å². The van der Waals surface area contributed by atoms with Crippen molar-refractivity contribution in [2.24, 2.45) is 0 Å². The summed E-state index contributed by atoms with van der Waals surface area (Å²) in [6.45, 7) is 0. The maximum Gasteiger partial charge on any atom is 0.0411 e. The first-order chi connectivity index (χ1) is 9.33. The first-order valence-corrected chi connectivity index (χ1v) is 8.51. The lowest BCUT2D eigenvalue weighted by Crippen LogP contribution is -2.08. The lowest BCUT2D eigenvalue weighted by molar-refractivity contribution is 0.435. The van der Waals surface area contributed by atoms with Crippen molar-refractivity contribution in [2.75, 3.05) is 0 Å². The number of hydrogen-bond acceptors (Lipinski definition) is 0. The van der Waals surface area contributed by atoms with E-state index in [0.29, 0.717) is 0 Å². The SMILES string of the molecule is Clc1cc(C2CCCCC2)cc(C2CCCCC2)c1. The van der Waals surface area contributed by atoms with Crippen LogP contribution in [0.25, 0.3) is 0 Å². The summed E-state index contributed by atoms with van der Waals surface area (Å²) in [5.74, 6) is 1.55. The molecule has 1 aromatic carbocycles. The van der Waals surface area contributed by atoms with Gasteiger partial charge in [-0.15, -0.1) is 0 Å². The predicted molar refractivity (Wildman–Crippen MR) is 83.1 cm³/mol. The van der Waals surface area contributed by atoms with Gasteiger partial charge in [-0.3, -0.25) is 0 Å². The van der Waals surface area contributed by atoms with Crippen molar-refractivity contribution in [1.29, 1.82) is 0 Å². The van der Waals surface area contributed by atoms with E-state index in [2.05, 4.69) is 18.2 Å². The Kier molecular flexibility index (Phi) is 4.48. The second-order valence-corrected chi connectivity index (χ2v) is 6.92.